The van der Waals surface area contributed by atoms with Crippen molar-refractivity contribution in [2.24, 2.45) is 5.92 Å². The van der Waals surface area contributed by atoms with Crippen LogP contribution in [0.5, 0.6) is 0 Å². The monoisotopic (exact) mass is 425 g/mol. The molecule has 2 aromatic rings. The third-order valence-corrected chi connectivity index (χ3v) is 7.55. The SMILES string of the molecule is CC(Sc1cccc(NC(=O)C2CC2)c1)C(=O)Nc1sc2c(c1C#N)CCCC2. The van der Waals surface area contributed by atoms with E-state index in [1.807, 2.05) is 31.2 Å². The predicted octanol–water partition coefficient (Wildman–Crippen LogP) is 4.97. The molecule has 4 rings (SSSR count). The molecule has 1 saturated carbocycles. The summed E-state index contributed by atoms with van der Waals surface area (Å²) in [7, 11) is 0. The highest BCUT2D eigenvalue weighted by molar-refractivity contribution is 8.00. The summed E-state index contributed by atoms with van der Waals surface area (Å²) in [6, 6.07) is 9.88. The first-order valence-corrected chi connectivity index (χ1v) is 11.7. The topological polar surface area (TPSA) is 82.0 Å². The number of nitrogens with zero attached hydrogens (tertiary/aromatic N) is 1. The Morgan fingerprint density at radius 1 is 1.24 bits per heavy atom. The van der Waals surface area contributed by atoms with Crippen molar-refractivity contribution in [2.75, 3.05) is 10.6 Å². The molecule has 7 heteroatoms. The van der Waals surface area contributed by atoms with Crippen LogP contribution in [0.2, 0.25) is 0 Å². The average molecular weight is 426 g/mol. The maximum absolute atomic E-state index is 12.8. The van der Waals surface area contributed by atoms with Crippen LogP contribution >= 0.6 is 23.1 Å². The number of carbonyl (C=O) groups is 2. The Hall–Kier alpha value is -2.30. The number of benzene rings is 1. The van der Waals surface area contributed by atoms with Crippen LogP contribution in [0.15, 0.2) is 29.2 Å². The zero-order valence-corrected chi connectivity index (χ0v) is 17.9. The summed E-state index contributed by atoms with van der Waals surface area (Å²) in [5.74, 6) is 0.114. The summed E-state index contributed by atoms with van der Waals surface area (Å²) >= 11 is 2.99. The molecule has 1 heterocycles. The number of hydrogen-bond acceptors (Lipinski definition) is 5. The van der Waals surface area contributed by atoms with Crippen molar-refractivity contribution in [1.82, 2.24) is 0 Å². The van der Waals surface area contributed by atoms with Crippen molar-refractivity contribution in [3.8, 4) is 6.07 Å². The highest BCUT2D eigenvalue weighted by Crippen LogP contribution is 2.38. The van der Waals surface area contributed by atoms with E-state index in [1.54, 1.807) is 11.3 Å². The Morgan fingerprint density at radius 2 is 2.03 bits per heavy atom. The van der Waals surface area contributed by atoms with Crippen LogP contribution in [-0.4, -0.2) is 17.1 Å². The number of amides is 2. The summed E-state index contributed by atoms with van der Waals surface area (Å²) in [6.45, 7) is 1.86. The summed E-state index contributed by atoms with van der Waals surface area (Å²) in [5.41, 5.74) is 2.52. The normalized spacial score (nSPS) is 16.4. The van der Waals surface area contributed by atoms with Gasteiger partial charge < -0.3 is 10.6 Å². The number of aryl methyl sites for hydroxylation is 1. The maximum Gasteiger partial charge on any atom is 0.238 e. The summed E-state index contributed by atoms with van der Waals surface area (Å²) in [6.07, 6.45) is 6.10. The summed E-state index contributed by atoms with van der Waals surface area (Å²) in [5, 5.41) is 15.8. The zero-order valence-electron chi connectivity index (χ0n) is 16.3. The lowest BCUT2D eigenvalue weighted by Crippen LogP contribution is -2.22. The van der Waals surface area contributed by atoms with Gasteiger partial charge in [-0.25, -0.2) is 0 Å². The van der Waals surface area contributed by atoms with Crippen molar-refractivity contribution in [3.05, 3.63) is 40.3 Å². The molecule has 1 aromatic carbocycles. The van der Waals surface area contributed by atoms with Gasteiger partial charge in [0.25, 0.3) is 0 Å². The van der Waals surface area contributed by atoms with Gasteiger partial charge in [-0.05, 0) is 69.2 Å². The third-order valence-electron chi connectivity index (χ3n) is 5.25. The maximum atomic E-state index is 12.8. The highest BCUT2D eigenvalue weighted by Gasteiger charge is 2.29. The smallest absolute Gasteiger partial charge is 0.238 e. The standard InChI is InChI=1S/C22H23N3O2S2/c1-13(28-16-6-4-5-15(11-16)24-21(27)14-9-10-14)20(26)25-22-18(12-23)17-7-2-3-8-19(17)29-22/h4-6,11,13-14H,2-3,7-10H2,1H3,(H,24,27)(H,25,26). The van der Waals surface area contributed by atoms with Gasteiger partial charge in [-0.3, -0.25) is 9.59 Å². The molecule has 29 heavy (non-hydrogen) atoms. The van der Waals surface area contributed by atoms with Crippen molar-refractivity contribution in [2.45, 2.75) is 55.6 Å². The predicted molar refractivity (Wildman–Crippen MR) is 117 cm³/mol. The molecule has 1 aromatic heterocycles. The number of rotatable bonds is 6. The van der Waals surface area contributed by atoms with Crippen LogP contribution in [-0.2, 0) is 22.4 Å². The molecule has 2 amide bonds. The number of carbonyl (C=O) groups excluding carboxylic acids is 2. The van der Waals surface area contributed by atoms with E-state index in [4.69, 9.17) is 0 Å². The first kappa shape index (κ1) is 20.0. The molecular weight excluding hydrogens is 402 g/mol. The van der Waals surface area contributed by atoms with E-state index in [2.05, 4.69) is 16.7 Å². The van der Waals surface area contributed by atoms with Gasteiger partial charge >= 0.3 is 0 Å². The second kappa shape index (κ2) is 8.60. The minimum Gasteiger partial charge on any atom is -0.326 e. The van der Waals surface area contributed by atoms with Crippen LogP contribution < -0.4 is 10.6 Å². The largest absolute Gasteiger partial charge is 0.326 e. The quantitative estimate of drug-likeness (QED) is 0.641. The van der Waals surface area contributed by atoms with Gasteiger partial charge in [0.15, 0.2) is 0 Å². The molecule has 2 N–H and O–H groups in total. The van der Waals surface area contributed by atoms with Crippen molar-refractivity contribution < 1.29 is 9.59 Å². The Bertz CT molecular complexity index is 988. The van der Waals surface area contributed by atoms with E-state index < -0.39 is 0 Å². The van der Waals surface area contributed by atoms with E-state index >= 15 is 0 Å². The zero-order chi connectivity index (χ0) is 20.4. The number of anilines is 2. The van der Waals surface area contributed by atoms with Gasteiger partial charge in [-0.15, -0.1) is 23.1 Å². The van der Waals surface area contributed by atoms with E-state index in [0.717, 1.165) is 54.7 Å². The van der Waals surface area contributed by atoms with E-state index in [-0.39, 0.29) is 23.0 Å². The molecule has 5 nitrogen and oxygen atoms in total. The minimum absolute atomic E-state index is 0.0728. The molecule has 0 radical (unpaired) electrons. The lowest BCUT2D eigenvalue weighted by Gasteiger charge is -2.12. The molecule has 1 unspecified atom stereocenters. The second-order valence-electron chi connectivity index (χ2n) is 7.57. The molecule has 2 aliphatic carbocycles. The van der Waals surface area contributed by atoms with Crippen molar-refractivity contribution in [3.63, 3.8) is 0 Å². The number of thioether (sulfide) groups is 1. The Balaban J connectivity index is 1.41. The van der Waals surface area contributed by atoms with Crippen LogP contribution in [0.3, 0.4) is 0 Å². The first-order chi connectivity index (χ1) is 14.0. The van der Waals surface area contributed by atoms with Gasteiger partial charge in [-0.1, -0.05) is 6.07 Å². The third kappa shape index (κ3) is 4.65. The average Bonchev–Trinajstić information content (AvgIpc) is 3.50. The second-order valence-corrected chi connectivity index (χ2v) is 10.1. The molecule has 1 atom stereocenters. The molecule has 2 aliphatic rings. The fourth-order valence-electron chi connectivity index (χ4n) is 3.48. The first-order valence-electron chi connectivity index (χ1n) is 9.98. The van der Waals surface area contributed by atoms with Crippen LogP contribution in [0.1, 0.15) is 48.6 Å². The minimum atomic E-state index is -0.324. The summed E-state index contributed by atoms with van der Waals surface area (Å²) < 4.78 is 0. The molecule has 150 valence electrons. The highest BCUT2D eigenvalue weighted by atomic mass is 32.2. The molecule has 0 aliphatic heterocycles. The molecular formula is C22H23N3O2S2. The van der Waals surface area contributed by atoms with Gasteiger partial charge in [-0.2, -0.15) is 5.26 Å². The van der Waals surface area contributed by atoms with Crippen LogP contribution in [0.4, 0.5) is 10.7 Å². The number of hydrogen-bond donors (Lipinski definition) is 2. The Labute approximate surface area is 178 Å². The summed E-state index contributed by atoms with van der Waals surface area (Å²) in [4.78, 5) is 26.9. The van der Waals surface area contributed by atoms with E-state index in [0.29, 0.717) is 10.6 Å². The van der Waals surface area contributed by atoms with E-state index in [1.165, 1.54) is 16.6 Å². The number of fused-ring (bicyclic) bond motifs is 1. The molecule has 0 spiro atoms. The van der Waals surface area contributed by atoms with Crippen molar-refractivity contribution in [1.29, 1.82) is 5.26 Å². The molecule has 0 saturated heterocycles. The lowest BCUT2D eigenvalue weighted by atomic mass is 9.96. The molecule has 0 bridgehead atoms. The number of nitrogens with one attached hydrogen (secondary N) is 2. The van der Waals surface area contributed by atoms with Gasteiger partial charge in [0.1, 0.15) is 11.1 Å². The van der Waals surface area contributed by atoms with Gasteiger partial charge in [0.05, 0.1) is 10.8 Å². The Morgan fingerprint density at radius 3 is 2.79 bits per heavy atom. The van der Waals surface area contributed by atoms with E-state index in [9.17, 15) is 14.9 Å². The van der Waals surface area contributed by atoms with Gasteiger partial charge in [0.2, 0.25) is 11.8 Å². The number of thiophene rings is 1. The van der Waals surface area contributed by atoms with Crippen LogP contribution in [0.25, 0.3) is 0 Å². The van der Waals surface area contributed by atoms with Gasteiger partial charge in [0, 0.05) is 21.4 Å². The van der Waals surface area contributed by atoms with Crippen molar-refractivity contribution >= 4 is 45.6 Å². The van der Waals surface area contributed by atoms with Crippen LogP contribution in [0, 0.1) is 17.2 Å². The number of nitriles is 1. The molecule has 1 fully saturated rings. The lowest BCUT2D eigenvalue weighted by molar-refractivity contribution is -0.117. The fourth-order valence-corrected chi connectivity index (χ4v) is 5.65. The fraction of sp³-hybridized carbons (Fsp3) is 0.409. The Kier molecular flexibility index (Phi) is 5.93.